The van der Waals surface area contributed by atoms with E-state index in [-0.39, 0.29) is 5.54 Å². The van der Waals surface area contributed by atoms with Gasteiger partial charge in [-0.2, -0.15) is 0 Å². The van der Waals surface area contributed by atoms with Crippen LogP contribution in [0.25, 0.3) is 0 Å². The van der Waals surface area contributed by atoms with Crippen LogP contribution in [0.15, 0.2) is 22.5 Å². The third-order valence-corrected chi connectivity index (χ3v) is 5.03. The number of likely N-dealkylation sites (tertiary alicyclic amines) is 1. The minimum absolute atomic E-state index is 0.0261. The van der Waals surface area contributed by atoms with Crippen LogP contribution in [0, 0.1) is 5.92 Å². The summed E-state index contributed by atoms with van der Waals surface area (Å²) in [6.07, 6.45) is 2.54. The molecule has 2 rings (SSSR count). The van der Waals surface area contributed by atoms with E-state index in [1.165, 1.54) is 24.3 Å². The molecule has 2 atom stereocenters. The molecule has 0 aliphatic carbocycles. The highest BCUT2D eigenvalue weighted by molar-refractivity contribution is 7.10. The maximum Gasteiger partial charge on any atom is 0.191 e. The van der Waals surface area contributed by atoms with Gasteiger partial charge in [0.15, 0.2) is 5.96 Å². The van der Waals surface area contributed by atoms with Gasteiger partial charge in [-0.25, -0.2) is 0 Å². The number of nitrogens with zero attached hydrogens (tertiary/aromatic N) is 2. The number of hydrogen-bond donors (Lipinski definition) is 2. The van der Waals surface area contributed by atoms with Crippen molar-refractivity contribution in [3.8, 4) is 0 Å². The SMILES string of the molecule is CN=C(NCC1CCCN(C)C1c1cccs1)NC(C)(C)C. The summed E-state index contributed by atoms with van der Waals surface area (Å²) in [5, 5.41) is 9.14. The Balaban J connectivity index is 2.00. The normalized spacial score (nSPS) is 24.3. The number of guanidine groups is 1. The number of piperidine rings is 1. The molecule has 1 fully saturated rings. The van der Waals surface area contributed by atoms with E-state index in [2.05, 4.69) is 65.9 Å². The fraction of sp³-hybridized carbons (Fsp3) is 0.706. The Bertz CT molecular complexity index is 475. The van der Waals surface area contributed by atoms with Crippen molar-refractivity contribution in [2.45, 2.75) is 45.2 Å². The van der Waals surface area contributed by atoms with Gasteiger partial charge in [-0.15, -0.1) is 11.3 Å². The molecule has 1 aromatic rings. The minimum atomic E-state index is 0.0261. The van der Waals surface area contributed by atoms with Gasteiger partial charge in [0, 0.05) is 30.1 Å². The molecule has 0 amide bonds. The van der Waals surface area contributed by atoms with Gasteiger partial charge in [0.2, 0.25) is 0 Å². The molecule has 2 N–H and O–H groups in total. The van der Waals surface area contributed by atoms with Crippen molar-refractivity contribution in [3.05, 3.63) is 22.4 Å². The zero-order valence-corrected chi connectivity index (χ0v) is 15.3. The second kappa shape index (κ2) is 7.47. The Morgan fingerprint density at radius 3 is 2.82 bits per heavy atom. The summed E-state index contributed by atoms with van der Waals surface area (Å²) in [5.74, 6) is 1.52. The van der Waals surface area contributed by atoms with Gasteiger partial charge >= 0.3 is 0 Å². The minimum Gasteiger partial charge on any atom is -0.356 e. The first-order chi connectivity index (χ1) is 10.4. The van der Waals surface area contributed by atoms with Crippen molar-refractivity contribution >= 4 is 17.3 Å². The fourth-order valence-electron chi connectivity index (χ4n) is 3.14. The van der Waals surface area contributed by atoms with E-state index < -0.39 is 0 Å². The number of hydrogen-bond acceptors (Lipinski definition) is 3. The molecule has 5 heteroatoms. The molecule has 0 spiro atoms. The van der Waals surface area contributed by atoms with Crippen LogP contribution in [-0.2, 0) is 0 Å². The molecule has 1 aromatic heterocycles. The van der Waals surface area contributed by atoms with Crippen molar-refractivity contribution in [2.75, 3.05) is 27.2 Å². The maximum absolute atomic E-state index is 4.35. The molecule has 1 saturated heterocycles. The van der Waals surface area contributed by atoms with Gasteiger partial charge in [-0.3, -0.25) is 9.89 Å². The van der Waals surface area contributed by atoms with E-state index in [1.807, 2.05) is 18.4 Å². The molecule has 124 valence electrons. The molecule has 4 nitrogen and oxygen atoms in total. The molecule has 1 aliphatic heterocycles. The van der Waals surface area contributed by atoms with Gasteiger partial charge in [0.1, 0.15) is 0 Å². The molecule has 0 saturated carbocycles. The molecule has 2 unspecified atom stereocenters. The lowest BCUT2D eigenvalue weighted by molar-refractivity contribution is 0.125. The molecule has 0 bridgehead atoms. The van der Waals surface area contributed by atoms with Crippen molar-refractivity contribution in [1.29, 1.82) is 0 Å². The van der Waals surface area contributed by atoms with Crippen LogP contribution < -0.4 is 10.6 Å². The predicted molar refractivity (Wildman–Crippen MR) is 96.7 cm³/mol. The van der Waals surface area contributed by atoms with Gasteiger partial charge < -0.3 is 10.6 Å². The zero-order chi connectivity index (χ0) is 16.2. The van der Waals surface area contributed by atoms with Gasteiger partial charge in [0.25, 0.3) is 0 Å². The van der Waals surface area contributed by atoms with Crippen molar-refractivity contribution in [1.82, 2.24) is 15.5 Å². The zero-order valence-electron chi connectivity index (χ0n) is 14.5. The number of rotatable bonds is 3. The summed E-state index contributed by atoms with van der Waals surface area (Å²) in [6, 6.07) is 4.95. The van der Waals surface area contributed by atoms with Crippen LogP contribution in [0.3, 0.4) is 0 Å². The lowest BCUT2D eigenvalue weighted by Crippen LogP contribution is -2.50. The quantitative estimate of drug-likeness (QED) is 0.663. The average molecular weight is 323 g/mol. The van der Waals surface area contributed by atoms with Gasteiger partial charge in [-0.1, -0.05) is 6.07 Å². The Hall–Kier alpha value is -1.07. The van der Waals surface area contributed by atoms with Crippen LogP contribution in [0.5, 0.6) is 0 Å². The molecule has 2 heterocycles. The summed E-state index contributed by atoms with van der Waals surface area (Å²) in [6.45, 7) is 8.62. The lowest BCUT2D eigenvalue weighted by Gasteiger charge is -2.39. The molecule has 0 radical (unpaired) electrons. The van der Waals surface area contributed by atoms with Crippen LogP contribution in [0.4, 0.5) is 0 Å². The maximum atomic E-state index is 4.35. The average Bonchev–Trinajstić information content (AvgIpc) is 2.96. The second-order valence-corrected chi connectivity index (χ2v) is 8.15. The molecular formula is C17H30N4S. The Morgan fingerprint density at radius 2 is 2.23 bits per heavy atom. The summed E-state index contributed by atoms with van der Waals surface area (Å²) in [7, 11) is 4.09. The van der Waals surface area contributed by atoms with Gasteiger partial charge in [0.05, 0.1) is 0 Å². The smallest absolute Gasteiger partial charge is 0.191 e. The topological polar surface area (TPSA) is 39.7 Å². The van der Waals surface area contributed by atoms with Crippen molar-refractivity contribution < 1.29 is 0 Å². The standard InChI is InChI=1S/C17H30N4S/c1-17(2,3)20-16(18-4)19-12-13-8-6-10-21(5)15(13)14-9-7-11-22-14/h7,9,11,13,15H,6,8,10,12H2,1-5H3,(H2,18,19,20). The van der Waals surface area contributed by atoms with Crippen LogP contribution in [0.2, 0.25) is 0 Å². The number of aliphatic imine (C=N–C) groups is 1. The highest BCUT2D eigenvalue weighted by Gasteiger charge is 2.31. The van der Waals surface area contributed by atoms with E-state index in [4.69, 9.17) is 0 Å². The van der Waals surface area contributed by atoms with E-state index in [1.54, 1.807) is 0 Å². The Labute approximate surface area is 139 Å². The summed E-state index contributed by atoms with van der Waals surface area (Å²) in [4.78, 5) is 8.33. The molecule has 0 aromatic carbocycles. The second-order valence-electron chi connectivity index (χ2n) is 7.17. The molecular weight excluding hydrogens is 292 g/mol. The summed E-state index contributed by atoms with van der Waals surface area (Å²) < 4.78 is 0. The summed E-state index contributed by atoms with van der Waals surface area (Å²) >= 11 is 1.87. The molecule has 1 aliphatic rings. The van der Waals surface area contributed by atoms with E-state index in [0.29, 0.717) is 12.0 Å². The van der Waals surface area contributed by atoms with Crippen LogP contribution in [-0.4, -0.2) is 43.6 Å². The third kappa shape index (κ3) is 4.71. The predicted octanol–water partition coefficient (Wildman–Crippen LogP) is 3.09. The first kappa shape index (κ1) is 17.3. The summed E-state index contributed by atoms with van der Waals surface area (Å²) in [5.41, 5.74) is 0.0261. The first-order valence-corrected chi connectivity index (χ1v) is 9.01. The van der Waals surface area contributed by atoms with Crippen molar-refractivity contribution in [3.63, 3.8) is 0 Å². The van der Waals surface area contributed by atoms with E-state index >= 15 is 0 Å². The van der Waals surface area contributed by atoms with E-state index in [9.17, 15) is 0 Å². The largest absolute Gasteiger partial charge is 0.356 e. The van der Waals surface area contributed by atoms with E-state index in [0.717, 1.165) is 12.5 Å². The van der Waals surface area contributed by atoms with Crippen molar-refractivity contribution in [2.24, 2.45) is 10.9 Å². The molecule has 22 heavy (non-hydrogen) atoms. The lowest BCUT2D eigenvalue weighted by atomic mass is 9.88. The highest BCUT2D eigenvalue weighted by Crippen LogP contribution is 2.36. The highest BCUT2D eigenvalue weighted by atomic mass is 32.1. The first-order valence-electron chi connectivity index (χ1n) is 8.13. The number of thiophene rings is 1. The number of nitrogens with one attached hydrogen (secondary N) is 2. The monoisotopic (exact) mass is 322 g/mol. The Kier molecular flexibility index (Phi) is 5.87. The Morgan fingerprint density at radius 1 is 1.45 bits per heavy atom. The van der Waals surface area contributed by atoms with Crippen LogP contribution in [0.1, 0.15) is 44.5 Å². The van der Waals surface area contributed by atoms with Gasteiger partial charge in [-0.05, 0) is 64.6 Å². The van der Waals surface area contributed by atoms with Crippen LogP contribution >= 0.6 is 11.3 Å². The third-order valence-electron chi connectivity index (χ3n) is 4.09. The fourth-order valence-corrected chi connectivity index (χ4v) is 4.13.